The Balaban J connectivity index is 1.85. The second-order valence-electron chi connectivity index (χ2n) is 5.02. The van der Waals surface area contributed by atoms with Crippen molar-refractivity contribution in [2.24, 2.45) is 0 Å². The number of amides is 2. The van der Waals surface area contributed by atoms with E-state index >= 15 is 0 Å². The molecule has 1 saturated heterocycles. The van der Waals surface area contributed by atoms with E-state index in [0.29, 0.717) is 17.4 Å². The molecule has 2 rings (SSSR count). The Bertz CT molecular complexity index is 475. The van der Waals surface area contributed by atoms with Gasteiger partial charge in [0.1, 0.15) is 0 Å². The molecule has 0 spiro atoms. The number of carbonyl (C=O) groups is 2. The lowest BCUT2D eigenvalue weighted by Gasteiger charge is -2.22. The molecule has 0 bridgehead atoms. The first-order chi connectivity index (χ1) is 10.2. The number of nitrogens with one attached hydrogen (secondary N) is 2. The van der Waals surface area contributed by atoms with Crippen molar-refractivity contribution in [1.82, 2.24) is 10.6 Å². The van der Waals surface area contributed by atoms with E-state index in [4.69, 9.17) is 0 Å². The van der Waals surface area contributed by atoms with Crippen molar-refractivity contribution >= 4 is 23.8 Å². The summed E-state index contributed by atoms with van der Waals surface area (Å²) in [5.41, 5.74) is 0.562. The third-order valence-corrected chi connectivity index (χ3v) is 4.82. The zero-order valence-corrected chi connectivity index (χ0v) is 12.6. The van der Waals surface area contributed by atoms with Crippen molar-refractivity contribution in [1.29, 1.82) is 0 Å². The van der Waals surface area contributed by atoms with E-state index in [1.807, 2.05) is 17.8 Å². The number of rotatable bonds is 5. The summed E-state index contributed by atoms with van der Waals surface area (Å²) in [4.78, 5) is 23.2. The summed E-state index contributed by atoms with van der Waals surface area (Å²) >= 11 is 1.87. The van der Waals surface area contributed by atoms with Crippen LogP contribution in [0.25, 0.3) is 0 Å². The predicted molar refractivity (Wildman–Crippen MR) is 83.5 cm³/mol. The van der Waals surface area contributed by atoms with E-state index in [2.05, 4.69) is 10.6 Å². The maximum atomic E-state index is 11.9. The second kappa shape index (κ2) is 7.93. The third kappa shape index (κ3) is 4.97. The van der Waals surface area contributed by atoms with Crippen LogP contribution in [0.2, 0.25) is 0 Å². The van der Waals surface area contributed by atoms with Crippen LogP contribution in [-0.4, -0.2) is 34.7 Å². The van der Waals surface area contributed by atoms with Gasteiger partial charge in [-0.1, -0.05) is 36.8 Å². The molecule has 1 aliphatic heterocycles. The summed E-state index contributed by atoms with van der Waals surface area (Å²) in [7, 11) is 0. The second-order valence-corrected chi connectivity index (χ2v) is 6.43. The van der Waals surface area contributed by atoms with E-state index < -0.39 is 18.0 Å². The molecule has 21 heavy (non-hydrogen) atoms. The molecule has 3 N–H and O–H groups in total. The van der Waals surface area contributed by atoms with E-state index in [-0.39, 0.29) is 0 Å². The first-order valence-electron chi connectivity index (χ1n) is 7.10. The Hall–Kier alpha value is -1.69. The molecular weight excluding hydrogens is 288 g/mol. The molecule has 1 unspecified atom stereocenters. The molecule has 6 heteroatoms. The Kier molecular flexibility index (Phi) is 5.92. The maximum absolute atomic E-state index is 11.9. The molecule has 114 valence electrons. The fourth-order valence-electron chi connectivity index (χ4n) is 2.29. The van der Waals surface area contributed by atoms with Gasteiger partial charge in [0.25, 0.3) is 0 Å². The van der Waals surface area contributed by atoms with Crippen LogP contribution in [0.4, 0.5) is 4.79 Å². The van der Waals surface area contributed by atoms with Gasteiger partial charge in [-0.25, -0.2) is 9.59 Å². The van der Waals surface area contributed by atoms with Gasteiger partial charge in [0.15, 0.2) is 6.04 Å². The Morgan fingerprint density at radius 1 is 1.29 bits per heavy atom. The molecule has 2 atom stereocenters. The van der Waals surface area contributed by atoms with Crippen molar-refractivity contribution in [2.45, 2.75) is 30.6 Å². The molecule has 5 nitrogen and oxygen atoms in total. The summed E-state index contributed by atoms with van der Waals surface area (Å²) in [6, 6.07) is 7.24. The van der Waals surface area contributed by atoms with Gasteiger partial charge in [-0.2, -0.15) is 11.8 Å². The van der Waals surface area contributed by atoms with E-state index in [1.165, 1.54) is 12.8 Å². The SMILES string of the molecule is O=C(NCC1CCCCS1)N[C@H](C(=O)O)c1ccccc1. The molecule has 0 radical (unpaired) electrons. The van der Waals surface area contributed by atoms with Crippen LogP contribution in [0, 0.1) is 0 Å². The molecular formula is C15H20N2O3S. The van der Waals surface area contributed by atoms with Crippen molar-refractivity contribution in [3.8, 4) is 0 Å². The number of urea groups is 1. The van der Waals surface area contributed by atoms with E-state index in [0.717, 1.165) is 12.2 Å². The normalized spacial score (nSPS) is 19.5. The van der Waals surface area contributed by atoms with Crippen LogP contribution in [-0.2, 0) is 4.79 Å². The molecule has 1 fully saturated rings. The Labute approximate surface area is 128 Å². The smallest absolute Gasteiger partial charge is 0.330 e. The molecule has 2 amide bonds. The lowest BCUT2D eigenvalue weighted by Crippen LogP contribution is -2.43. The van der Waals surface area contributed by atoms with Gasteiger partial charge in [0, 0.05) is 11.8 Å². The summed E-state index contributed by atoms with van der Waals surface area (Å²) in [6.45, 7) is 0.581. The number of carboxylic acid groups (broad SMARTS) is 1. The van der Waals surface area contributed by atoms with Crippen LogP contribution in [0.3, 0.4) is 0 Å². The quantitative estimate of drug-likeness (QED) is 0.780. The Morgan fingerprint density at radius 2 is 2.05 bits per heavy atom. The predicted octanol–water partition coefficient (Wildman–Crippen LogP) is 2.40. The van der Waals surface area contributed by atoms with Gasteiger partial charge in [-0.15, -0.1) is 0 Å². The van der Waals surface area contributed by atoms with Crippen LogP contribution in [0.15, 0.2) is 30.3 Å². The summed E-state index contributed by atoms with van der Waals surface area (Å²) in [5, 5.41) is 15.0. The fraction of sp³-hybridized carbons (Fsp3) is 0.467. The van der Waals surface area contributed by atoms with Crippen molar-refractivity contribution in [3.63, 3.8) is 0 Å². The highest BCUT2D eigenvalue weighted by atomic mass is 32.2. The topological polar surface area (TPSA) is 78.4 Å². The largest absolute Gasteiger partial charge is 0.479 e. The first kappa shape index (κ1) is 15.7. The van der Waals surface area contributed by atoms with Crippen molar-refractivity contribution in [2.75, 3.05) is 12.3 Å². The molecule has 1 aromatic rings. The number of hydrogen-bond acceptors (Lipinski definition) is 3. The number of thioether (sulfide) groups is 1. The molecule has 1 aromatic carbocycles. The average Bonchev–Trinajstić information content (AvgIpc) is 2.52. The Morgan fingerprint density at radius 3 is 2.67 bits per heavy atom. The minimum absolute atomic E-state index is 0.433. The first-order valence-corrected chi connectivity index (χ1v) is 8.15. The number of hydrogen-bond donors (Lipinski definition) is 3. The van der Waals surface area contributed by atoms with Crippen LogP contribution >= 0.6 is 11.8 Å². The summed E-state index contributed by atoms with van der Waals surface area (Å²) in [6.07, 6.45) is 3.54. The highest BCUT2D eigenvalue weighted by molar-refractivity contribution is 7.99. The van der Waals surface area contributed by atoms with Crippen molar-refractivity contribution < 1.29 is 14.7 Å². The van der Waals surface area contributed by atoms with Crippen LogP contribution < -0.4 is 10.6 Å². The number of carboxylic acids is 1. The molecule has 1 aliphatic rings. The minimum atomic E-state index is -1.07. The van der Waals surface area contributed by atoms with E-state index in [1.54, 1.807) is 24.3 Å². The average molecular weight is 308 g/mol. The number of aliphatic carboxylic acids is 1. The molecule has 0 saturated carbocycles. The van der Waals surface area contributed by atoms with Gasteiger partial charge in [-0.3, -0.25) is 0 Å². The summed E-state index contributed by atoms with van der Waals surface area (Å²) in [5.74, 6) is 0.0684. The van der Waals surface area contributed by atoms with Gasteiger partial charge in [0.2, 0.25) is 0 Å². The zero-order chi connectivity index (χ0) is 15.1. The summed E-state index contributed by atoms with van der Waals surface area (Å²) < 4.78 is 0. The lowest BCUT2D eigenvalue weighted by atomic mass is 10.1. The zero-order valence-electron chi connectivity index (χ0n) is 11.7. The standard InChI is InChI=1S/C15H20N2O3S/c18-14(19)13(11-6-2-1-3-7-11)17-15(20)16-10-12-8-4-5-9-21-12/h1-3,6-7,12-13H,4-5,8-10H2,(H,18,19)(H2,16,17,20)/t12?,13-/m0/s1. The van der Waals surface area contributed by atoms with E-state index in [9.17, 15) is 14.7 Å². The monoisotopic (exact) mass is 308 g/mol. The lowest BCUT2D eigenvalue weighted by molar-refractivity contribution is -0.139. The van der Waals surface area contributed by atoms with Gasteiger partial charge >= 0.3 is 12.0 Å². The van der Waals surface area contributed by atoms with Crippen molar-refractivity contribution in [3.05, 3.63) is 35.9 Å². The highest BCUT2D eigenvalue weighted by Gasteiger charge is 2.22. The van der Waals surface area contributed by atoms with Crippen LogP contribution in [0.1, 0.15) is 30.9 Å². The van der Waals surface area contributed by atoms with Gasteiger partial charge in [0.05, 0.1) is 0 Å². The molecule has 1 heterocycles. The number of benzene rings is 1. The minimum Gasteiger partial charge on any atom is -0.479 e. The fourth-order valence-corrected chi connectivity index (χ4v) is 3.53. The van der Waals surface area contributed by atoms with Crippen LogP contribution in [0.5, 0.6) is 0 Å². The highest BCUT2D eigenvalue weighted by Crippen LogP contribution is 2.24. The third-order valence-electron chi connectivity index (χ3n) is 3.42. The molecule has 0 aromatic heterocycles. The molecule has 0 aliphatic carbocycles. The van der Waals surface area contributed by atoms with Gasteiger partial charge in [-0.05, 0) is 24.2 Å². The maximum Gasteiger partial charge on any atom is 0.330 e. The van der Waals surface area contributed by atoms with Gasteiger partial charge < -0.3 is 15.7 Å². The number of carbonyl (C=O) groups excluding carboxylic acids is 1.